The van der Waals surface area contributed by atoms with Crippen LogP contribution in [0.5, 0.6) is 0 Å². The number of piperidine rings is 1. The Bertz CT molecular complexity index is 904. The predicted octanol–water partition coefficient (Wildman–Crippen LogP) is 4.33. The second-order valence-electron chi connectivity index (χ2n) is 8.77. The van der Waals surface area contributed by atoms with Gasteiger partial charge in [0.05, 0.1) is 0 Å². The van der Waals surface area contributed by atoms with Gasteiger partial charge in [0.2, 0.25) is 0 Å². The summed E-state index contributed by atoms with van der Waals surface area (Å²) in [5.41, 5.74) is 6.31. The van der Waals surface area contributed by atoms with Crippen LogP contribution < -0.4 is 9.80 Å². The Morgan fingerprint density at radius 3 is 1.43 bits per heavy atom. The SMILES string of the molecule is CN(C)c1ccc(C=C2C(=O)C(=Cc3ccc(N(C)C)cc3)C3CCC2N3C)cc1. The fourth-order valence-corrected chi connectivity index (χ4v) is 4.58. The summed E-state index contributed by atoms with van der Waals surface area (Å²) in [7, 11) is 10.3. The average Bonchev–Trinajstić information content (AvgIpc) is 3.04. The van der Waals surface area contributed by atoms with Gasteiger partial charge in [0.15, 0.2) is 5.78 Å². The number of fused-ring (bicyclic) bond motifs is 2. The Morgan fingerprint density at radius 1 is 0.733 bits per heavy atom. The number of nitrogens with zero attached hydrogens (tertiary/aromatic N) is 3. The van der Waals surface area contributed by atoms with Crippen molar-refractivity contribution < 1.29 is 4.79 Å². The molecule has 2 aromatic carbocycles. The van der Waals surface area contributed by atoms with E-state index >= 15 is 0 Å². The molecule has 4 rings (SSSR count). The molecule has 0 saturated carbocycles. The van der Waals surface area contributed by atoms with Crippen molar-refractivity contribution in [2.24, 2.45) is 0 Å². The van der Waals surface area contributed by atoms with Crippen LogP contribution in [0.25, 0.3) is 12.2 Å². The number of carbonyl (C=O) groups is 1. The van der Waals surface area contributed by atoms with Crippen LogP contribution in [0.2, 0.25) is 0 Å². The number of hydrogen-bond donors (Lipinski definition) is 0. The molecule has 2 atom stereocenters. The van der Waals surface area contributed by atoms with Gasteiger partial charge in [-0.1, -0.05) is 24.3 Å². The number of likely N-dealkylation sites (N-methyl/N-ethyl adjacent to an activating group) is 1. The van der Waals surface area contributed by atoms with Crippen LogP contribution in [-0.2, 0) is 4.79 Å². The normalized spacial score (nSPS) is 24.0. The van der Waals surface area contributed by atoms with Crippen LogP contribution >= 0.6 is 0 Å². The van der Waals surface area contributed by atoms with Crippen molar-refractivity contribution in [1.29, 1.82) is 0 Å². The molecule has 4 heteroatoms. The first-order valence-electron chi connectivity index (χ1n) is 10.6. The van der Waals surface area contributed by atoms with Gasteiger partial charge in [-0.3, -0.25) is 9.69 Å². The molecule has 2 aliphatic heterocycles. The summed E-state index contributed by atoms with van der Waals surface area (Å²) >= 11 is 0. The lowest BCUT2D eigenvalue weighted by Crippen LogP contribution is -2.43. The minimum atomic E-state index is 0.203. The lowest BCUT2D eigenvalue weighted by atomic mass is 9.88. The molecule has 2 fully saturated rings. The second-order valence-corrected chi connectivity index (χ2v) is 8.77. The van der Waals surface area contributed by atoms with Crippen molar-refractivity contribution in [3.63, 3.8) is 0 Å². The number of rotatable bonds is 4. The van der Waals surface area contributed by atoms with Gasteiger partial charge < -0.3 is 9.80 Å². The first-order valence-corrected chi connectivity index (χ1v) is 10.6. The molecule has 4 nitrogen and oxygen atoms in total. The van der Waals surface area contributed by atoms with Gasteiger partial charge in [-0.15, -0.1) is 0 Å². The van der Waals surface area contributed by atoms with E-state index in [1.165, 1.54) is 0 Å². The third-order valence-electron chi connectivity index (χ3n) is 6.40. The number of ketones is 1. The first-order chi connectivity index (χ1) is 14.3. The highest BCUT2D eigenvalue weighted by molar-refractivity contribution is 6.16. The van der Waals surface area contributed by atoms with Gasteiger partial charge >= 0.3 is 0 Å². The summed E-state index contributed by atoms with van der Waals surface area (Å²) < 4.78 is 0. The Kier molecular flexibility index (Phi) is 5.52. The highest BCUT2D eigenvalue weighted by Crippen LogP contribution is 2.40. The zero-order valence-corrected chi connectivity index (χ0v) is 18.6. The maximum Gasteiger partial charge on any atom is 0.188 e. The lowest BCUT2D eigenvalue weighted by Gasteiger charge is -2.34. The molecule has 0 aliphatic carbocycles. The van der Waals surface area contributed by atoms with E-state index in [1.807, 2.05) is 28.2 Å². The van der Waals surface area contributed by atoms with Crippen LogP contribution in [0, 0.1) is 0 Å². The molecule has 2 bridgehead atoms. The first kappa shape index (κ1) is 20.4. The van der Waals surface area contributed by atoms with Crippen molar-refractivity contribution in [2.75, 3.05) is 45.0 Å². The minimum absolute atomic E-state index is 0.203. The van der Waals surface area contributed by atoms with E-state index in [-0.39, 0.29) is 17.9 Å². The standard InChI is InChI=1S/C26H31N3O/c1-27(2)20-10-6-18(7-11-20)16-22-24-14-15-25(29(24)5)23(26(22)30)17-19-8-12-21(13-9-19)28(3)4/h6-13,16-17,24-25H,14-15H2,1-5H3. The molecule has 2 saturated heterocycles. The van der Waals surface area contributed by atoms with Gasteiger partial charge in [-0.2, -0.15) is 0 Å². The van der Waals surface area contributed by atoms with E-state index in [2.05, 4.69) is 82.4 Å². The minimum Gasteiger partial charge on any atom is -0.378 e. The van der Waals surface area contributed by atoms with Crippen molar-refractivity contribution in [2.45, 2.75) is 24.9 Å². The summed E-state index contributed by atoms with van der Waals surface area (Å²) in [4.78, 5) is 20.1. The monoisotopic (exact) mass is 401 g/mol. The van der Waals surface area contributed by atoms with Crippen LogP contribution in [0.15, 0.2) is 59.7 Å². The van der Waals surface area contributed by atoms with Gasteiger partial charge in [-0.25, -0.2) is 0 Å². The molecule has 2 unspecified atom stereocenters. The molecule has 0 amide bonds. The van der Waals surface area contributed by atoms with Crippen LogP contribution in [0.1, 0.15) is 24.0 Å². The van der Waals surface area contributed by atoms with E-state index in [4.69, 9.17) is 0 Å². The molecule has 2 aromatic rings. The zero-order chi connectivity index (χ0) is 21.4. The predicted molar refractivity (Wildman–Crippen MR) is 127 cm³/mol. The second kappa shape index (κ2) is 8.11. The average molecular weight is 402 g/mol. The van der Waals surface area contributed by atoms with E-state index in [0.717, 1.165) is 46.5 Å². The maximum atomic E-state index is 13.5. The molecule has 2 heterocycles. The van der Waals surface area contributed by atoms with Gasteiger partial charge in [0.1, 0.15) is 0 Å². The third kappa shape index (κ3) is 3.80. The highest BCUT2D eigenvalue weighted by atomic mass is 16.1. The smallest absolute Gasteiger partial charge is 0.188 e. The Balaban J connectivity index is 1.68. The van der Waals surface area contributed by atoms with Crippen molar-refractivity contribution in [1.82, 2.24) is 4.90 Å². The molecular weight excluding hydrogens is 370 g/mol. The molecule has 2 aliphatic rings. The van der Waals surface area contributed by atoms with Crippen molar-refractivity contribution in [3.8, 4) is 0 Å². The van der Waals surface area contributed by atoms with Crippen LogP contribution in [0.3, 0.4) is 0 Å². The molecule has 0 N–H and O–H groups in total. The number of anilines is 2. The number of Topliss-reactive ketones (excluding diaryl/α,β-unsaturated/α-hetero) is 1. The van der Waals surface area contributed by atoms with E-state index < -0.39 is 0 Å². The molecule has 30 heavy (non-hydrogen) atoms. The topological polar surface area (TPSA) is 26.8 Å². The highest BCUT2D eigenvalue weighted by Gasteiger charge is 2.44. The van der Waals surface area contributed by atoms with E-state index in [0.29, 0.717) is 0 Å². The Morgan fingerprint density at radius 2 is 1.10 bits per heavy atom. The fraction of sp³-hybridized carbons (Fsp3) is 0.346. The largest absolute Gasteiger partial charge is 0.378 e. The molecule has 0 spiro atoms. The Labute approximate surface area is 180 Å². The van der Waals surface area contributed by atoms with Crippen LogP contribution in [-0.4, -0.2) is 58.0 Å². The summed E-state index contributed by atoms with van der Waals surface area (Å²) in [5, 5.41) is 0. The summed E-state index contributed by atoms with van der Waals surface area (Å²) in [5.74, 6) is 0.203. The maximum absolute atomic E-state index is 13.5. The van der Waals surface area contributed by atoms with Gasteiger partial charge in [0.25, 0.3) is 0 Å². The van der Waals surface area contributed by atoms with Gasteiger partial charge in [-0.05, 0) is 67.4 Å². The fourth-order valence-electron chi connectivity index (χ4n) is 4.58. The van der Waals surface area contributed by atoms with Crippen LogP contribution in [0.4, 0.5) is 11.4 Å². The Hall–Kier alpha value is -2.85. The quantitative estimate of drug-likeness (QED) is 0.713. The summed E-state index contributed by atoms with van der Waals surface area (Å²) in [6, 6.07) is 17.2. The third-order valence-corrected chi connectivity index (χ3v) is 6.40. The lowest BCUT2D eigenvalue weighted by molar-refractivity contribution is -0.114. The van der Waals surface area contributed by atoms with Crippen molar-refractivity contribution in [3.05, 3.63) is 70.8 Å². The van der Waals surface area contributed by atoms with Crippen molar-refractivity contribution >= 4 is 29.3 Å². The van der Waals surface area contributed by atoms with Gasteiger partial charge in [0, 0.05) is 62.8 Å². The summed E-state index contributed by atoms with van der Waals surface area (Å²) in [6.07, 6.45) is 6.25. The molecule has 0 aromatic heterocycles. The molecule has 0 radical (unpaired) electrons. The number of benzene rings is 2. The zero-order valence-electron chi connectivity index (χ0n) is 18.6. The van der Waals surface area contributed by atoms with E-state index in [9.17, 15) is 4.79 Å². The summed E-state index contributed by atoms with van der Waals surface area (Å²) in [6.45, 7) is 0. The number of carbonyl (C=O) groups excluding carboxylic acids is 1. The number of hydrogen-bond acceptors (Lipinski definition) is 4. The molecule has 156 valence electrons. The van der Waals surface area contributed by atoms with E-state index in [1.54, 1.807) is 0 Å². The molecular formula is C26H31N3O.